The molecule has 0 aliphatic carbocycles. The summed E-state index contributed by atoms with van der Waals surface area (Å²) in [5.74, 6) is -0.781. The molecule has 1 rings (SSSR count). The first-order chi connectivity index (χ1) is 8.45. The first-order valence-electron chi connectivity index (χ1n) is 5.67. The molecule has 0 saturated carbocycles. The molecule has 1 unspecified atom stereocenters. The Morgan fingerprint density at radius 3 is 2.67 bits per heavy atom. The SMILES string of the molecule is C=CCCC(NC(=O)c1oc(C)cc1C)C(=O)O. The van der Waals surface area contributed by atoms with E-state index in [2.05, 4.69) is 11.9 Å². The van der Waals surface area contributed by atoms with Gasteiger partial charge in [-0.2, -0.15) is 0 Å². The van der Waals surface area contributed by atoms with Gasteiger partial charge in [0, 0.05) is 5.56 Å². The fourth-order valence-corrected chi connectivity index (χ4v) is 1.63. The average Bonchev–Trinajstić information content (AvgIpc) is 2.63. The summed E-state index contributed by atoms with van der Waals surface area (Å²) in [6.07, 6.45) is 2.45. The van der Waals surface area contributed by atoms with Crippen LogP contribution in [0.15, 0.2) is 23.1 Å². The largest absolute Gasteiger partial charge is 0.480 e. The highest BCUT2D eigenvalue weighted by Crippen LogP contribution is 2.14. The number of hydrogen-bond donors (Lipinski definition) is 2. The van der Waals surface area contributed by atoms with Crippen LogP contribution in [0.3, 0.4) is 0 Å². The zero-order valence-corrected chi connectivity index (χ0v) is 10.5. The summed E-state index contributed by atoms with van der Waals surface area (Å²) in [6, 6.07) is 0.800. The van der Waals surface area contributed by atoms with Gasteiger partial charge in [0.25, 0.3) is 5.91 Å². The summed E-state index contributed by atoms with van der Waals surface area (Å²) in [5.41, 5.74) is 0.692. The Morgan fingerprint density at radius 2 is 2.22 bits per heavy atom. The molecule has 0 aliphatic rings. The molecule has 2 N–H and O–H groups in total. The molecule has 1 aromatic rings. The Morgan fingerprint density at radius 1 is 1.56 bits per heavy atom. The summed E-state index contributed by atoms with van der Waals surface area (Å²) >= 11 is 0. The van der Waals surface area contributed by atoms with Crippen molar-refractivity contribution in [2.75, 3.05) is 0 Å². The number of carbonyl (C=O) groups excluding carboxylic acids is 1. The number of hydrogen-bond acceptors (Lipinski definition) is 3. The summed E-state index contributed by atoms with van der Waals surface area (Å²) in [5, 5.41) is 11.4. The third-order valence-corrected chi connectivity index (χ3v) is 2.51. The van der Waals surface area contributed by atoms with Crippen LogP contribution in [0.2, 0.25) is 0 Å². The van der Waals surface area contributed by atoms with Crippen LogP contribution in [0.25, 0.3) is 0 Å². The molecule has 0 radical (unpaired) electrons. The van der Waals surface area contributed by atoms with E-state index in [1.807, 2.05) is 0 Å². The van der Waals surface area contributed by atoms with Gasteiger partial charge in [0.2, 0.25) is 0 Å². The third kappa shape index (κ3) is 3.48. The van der Waals surface area contributed by atoms with Gasteiger partial charge in [-0.1, -0.05) is 6.08 Å². The topological polar surface area (TPSA) is 79.5 Å². The minimum absolute atomic E-state index is 0.164. The number of amides is 1. The van der Waals surface area contributed by atoms with Crippen LogP contribution in [-0.2, 0) is 4.79 Å². The number of allylic oxidation sites excluding steroid dienone is 1. The van der Waals surface area contributed by atoms with Crippen LogP contribution >= 0.6 is 0 Å². The molecule has 0 aliphatic heterocycles. The van der Waals surface area contributed by atoms with Gasteiger partial charge in [-0.3, -0.25) is 4.79 Å². The smallest absolute Gasteiger partial charge is 0.326 e. The lowest BCUT2D eigenvalue weighted by atomic mass is 10.1. The van der Waals surface area contributed by atoms with Crippen molar-refractivity contribution in [2.24, 2.45) is 0 Å². The molecule has 1 amide bonds. The first-order valence-corrected chi connectivity index (χ1v) is 5.67. The second-order valence-corrected chi connectivity index (χ2v) is 4.10. The van der Waals surface area contributed by atoms with E-state index in [0.29, 0.717) is 24.2 Å². The van der Waals surface area contributed by atoms with Gasteiger partial charge in [-0.25, -0.2) is 4.79 Å². The Bertz CT molecular complexity index is 462. The third-order valence-electron chi connectivity index (χ3n) is 2.51. The van der Waals surface area contributed by atoms with E-state index in [-0.39, 0.29) is 5.76 Å². The van der Waals surface area contributed by atoms with E-state index >= 15 is 0 Å². The highest BCUT2D eigenvalue weighted by Gasteiger charge is 2.22. The van der Waals surface area contributed by atoms with Gasteiger partial charge in [0.05, 0.1) is 0 Å². The Hall–Kier alpha value is -2.04. The van der Waals surface area contributed by atoms with Gasteiger partial charge in [-0.15, -0.1) is 6.58 Å². The molecular formula is C13H17NO4. The second kappa shape index (κ2) is 6.05. The van der Waals surface area contributed by atoms with Crippen molar-refractivity contribution in [3.63, 3.8) is 0 Å². The maximum atomic E-state index is 11.9. The monoisotopic (exact) mass is 251 g/mol. The minimum atomic E-state index is -1.06. The molecule has 0 fully saturated rings. The molecule has 18 heavy (non-hydrogen) atoms. The van der Waals surface area contributed by atoms with E-state index in [1.165, 1.54) is 0 Å². The number of furan rings is 1. The normalized spacial score (nSPS) is 11.9. The fraction of sp³-hybridized carbons (Fsp3) is 0.385. The number of rotatable bonds is 6. The van der Waals surface area contributed by atoms with Gasteiger partial charge < -0.3 is 14.8 Å². The maximum Gasteiger partial charge on any atom is 0.326 e. The van der Waals surface area contributed by atoms with Crippen LogP contribution in [-0.4, -0.2) is 23.0 Å². The van der Waals surface area contributed by atoms with Crippen molar-refractivity contribution in [3.05, 3.63) is 35.8 Å². The summed E-state index contributed by atoms with van der Waals surface area (Å²) < 4.78 is 5.24. The highest BCUT2D eigenvalue weighted by atomic mass is 16.4. The van der Waals surface area contributed by atoms with E-state index < -0.39 is 17.9 Å². The van der Waals surface area contributed by atoms with Crippen LogP contribution < -0.4 is 5.32 Å². The zero-order valence-electron chi connectivity index (χ0n) is 10.5. The predicted molar refractivity (Wildman–Crippen MR) is 66.5 cm³/mol. The molecule has 0 saturated heterocycles. The first kappa shape index (κ1) is 14.0. The molecule has 98 valence electrons. The number of nitrogens with one attached hydrogen (secondary N) is 1. The van der Waals surface area contributed by atoms with Crippen LogP contribution in [0.5, 0.6) is 0 Å². The van der Waals surface area contributed by atoms with Crippen molar-refractivity contribution in [1.29, 1.82) is 0 Å². The van der Waals surface area contributed by atoms with Gasteiger partial charge in [0.1, 0.15) is 11.8 Å². The van der Waals surface area contributed by atoms with Gasteiger partial charge >= 0.3 is 5.97 Å². The molecule has 0 spiro atoms. The predicted octanol–water partition coefficient (Wildman–Crippen LogP) is 2.05. The lowest BCUT2D eigenvalue weighted by Crippen LogP contribution is -2.40. The minimum Gasteiger partial charge on any atom is -0.480 e. The number of carboxylic acids is 1. The van der Waals surface area contributed by atoms with Crippen molar-refractivity contribution >= 4 is 11.9 Å². The van der Waals surface area contributed by atoms with E-state index in [1.54, 1.807) is 26.0 Å². The van der Waals surface area contributed by atoms with Crippen LogP contribution in [0, 0.1) is 13.8 Å². The van der Waals surface area contributed by atoms with E-state index in [4.69, 9.17) is 9.52 Å². The fourth-order valence-electron chi connectivity index (χ4n) is 1.63. The standard InChI is InChI=1S/C13H17NO4/c1-4-5-6-10(13(16)17)14-12(15)11-8(2)7-9(3)18-11/h4,7,10H,1,5-6H2,2-3H3,(H,14,15)(H,16,17). The van der Waals surface area contributed by atoms with Crippen molar-refractivity contribution in [3.8, 4) is 0 Å². The molecule has 0 bridgehead atoms. The Labute approximate surface area is 105 Å². The van der Waals surface area contributed by atoms with Gasteiger partial charge in [-0.05, 0) is 32.8 Å². The van der Waals surface area contributed by atoms with Gasteiger partial charge in [0.15, 0.2) is 5.76 Å². The zero-order chi connectivity index (χ0) is 13.7. The molecular weight excluding hydrogens is 234 g/mol. The number of carbonyl (C=O) groups is 2. The summed E-state index contributed by atoms with van der Waals surface area (Å²) in [4.78, 5) is 22.8. The summed E-state index contributed by atoms with van der Waals surface area (Å²) in [7, 11) is 0. The molecule has 5 nitrogen and oxygen atoms in total. The highest BCUT2D eigenvalue weighted by molar-refractivity contribution is 5.95. The van der Waals surface area contributed by atoms with Crippen LogP contribution in [0.1, 0.15) is 34.7 Å². The Balaban J connectivity index is 2.75. The van der Waals surface area contributed by atoms with Crippen LogP contribution in [0.4, 0.5) is 0 Å². The maximum absolute atomic E-state index is 11.9. The van der Waals surface area contributed by atoms with Crippen molar-refractivity contribution in [1.82, 2.24) is 5.32 Å². The Kier molecular flexibility index (Phi) is 4.71. The number of aliphatic carboxylic acids is 1. The molecule has 1 atom stereocenters. The number of aryl methyl sites for hydroxylation is 2. The number of carboxylic acid groups (broad SMARTS) is 1. The molecule has 0 aromatic carbocycles. The van der Waals surface area contributed by atoms with E-state index in [0.717, 1.165) is 0 Å². The lowest BCUT2D eigenvalue weighted by Gasteiger charge is -2.12. The van der Waals surface area contributed by atoms with E-state index in [9.17, 15) is 9.59 Å². The second-order valence-electron chi connectivity index (χ2n) is 4.10. The quantitative estimate of drug-likeness (QED) is 0.758. The lowest BCUT2D eigenvalue weighted by molar-refractivity contribution is -0.139. The average molecular weight is 251 g/mol. The molecule has 1 heterocycles. The summed E-state index contributed by atoms with van der Waals surface area (Å²) in [6.45, 7) is 7.00. The molecule has 1 aromatic heterocycles. The van der Waals surface area contributed by atoms with Crippen molar-refractivity contribution < 1.29 is 19.1 Å². The molecule has 5 heteroatoms. The van der Waals surface area contributed by atoms with Crippen molar-refractivity contribution in [2.45, 2.75) is 32.7 Å².